The molecule has 1 aliphatic rings. The average molecular weight is 367 g/mol. The summed E-state index contributed by atoms with van der Waals surface area (Å²) < 4.78 is 27.8. The van der Waals surface area contributed by atoms with E-state index in [4.69, 9.17) is 11.6 Å². The number of benzene rings is 1. The molecule has 110 valence electrons. The van der Waals surface area contributed by atoms with E-state index in [-0.39, 0.29) is 10.4 Å². The average Bonchev–Trinajstić information content (AvgIpc) is 2.38. The molecule has 0 aliphatic heterocycles. The highest BCUT2D eigenvalue weighted by atomic mass is 79.9. The molecule has 1 fully saturated rings. The van der Waals surface area contributed by atoms with Crippen molar-refractivity contribution in [2.45, 2.75) is 37.6 Å². The van der Waals surface area contributed by atoms with Gasteiger partial charge in [0.1, 0.15) is 17.2 Å². The lowest BCUT2D eigenvalue weighted by molar-refractivity contribution is 0.0876. The predicted octanol–water partition coefficient (Wildman–Crippen LogP) is 4.40. The first-order valence-electron chi connectivity index (χ1n) is 6.50. The van der Waals surface area contributed by atoms with Crippen LogP contribution >= 0.6 is 27.5 Å². The number of rotatable bonds is 3. The van der Waals surface area contributed by atoms with E-state index in [1.807, 2.05) is 0 Å². The first kappa shape index (κ1) is 15.7. The van der Waals surface area contributed by atoms with E-state index in [9.17, 15) is 13.6 Å². The van der Waals surface area contributed by atoms with E-state index in [2.05, 4.69) is 21.2 Å². The van der Waals surface area contributed by atoms with Gasteiger partial charge in [-0.2, -0.15) is 0 Å². The summed E-state index contributed by atoms with van der Waals surface area (Å²) in [6, 6.07) is 2.15. The van der Waals surface area contributed by atoms with Crippen LogP contribution in [0.1, 0.15) is 42.5 Å². The van der Waals surface area contributed by atoms with E-state index in [1.54, 1.807) is 0 Å². The zero-order valence-electron chi connectivity index (χ0n) is 10.8. The van der Waals surface area contributed by atoms with E-state index in [1.165, 1.54) is 0 Å². The van der Waals surface area contributed by atoms with Gasteiger partial charge in [-0.1, -0.05) is 35.2 Å². The molecule has 0 heterocycles. The number of nitrogens with one attached hydrogen (secondary N) is 1. The van der Waals surface area contributed by atoms with Gasteiger partial charge >= 0.3 is 0 Å². The minimum Gasteiger partial charge on any atom is -0.345 e. The predicted molar refractivity (Wildman–Crippen MR) is 78.1 cm³/mol. The Labute approximate surface area is 130 Å². The number of hydrogen-bond donors (Lipinski definition) is 1. The maximum Gasteiger partial charge on any atom is 0.257 e. The molecule has 0 atom stereocenters. The maximum absolute atomic E-state index is 13.8. The van der Waals surface area contributed by atoms with Crippen molar-refractivity contribution in [2.75, 3.05) is 5.88 Å². The van der Waals surface area contributed by atoms with Gasteiger partial charge in [0.15, 0.2) is 0 Å². The van der Waals surface area contributed by atoms with Crippen molar-refractivity contribution >= 4 is 33.4 Å². The summed E-state index contributed by atoms with van der Waals surface area (Å²) in [5.41, 5.74) is -1.11. The number of halogens is 4. The Morgan fingerprint density at radius 2 is 1.80 bits per heavy atom. The minimum absolute atomic E-state index is 0.249. The van der Waals surface area contributed by atoms with E-state index < -0.39 is 28.6 Å². The van der Waals surface area contributed by atoms with Gasteiger partial charge in [0.2, 0.25) is 0 Å². The van der Waals surface area contributed by atoms with Crippen molar-refractivity contribution in [2.24, 2.45) is 0 Å². The van der Waals surface area contributed by atoms with E-state index in [0.717, 1.165) is 44.2 Å². The molecule has 0 bridgehead atoms. The van der Waals surface area contributed by atoms with Gasteiger partial charge in [0, 0.05) is 10.4 Å². The van der Waals surface area contributed by atoms with Gasteiger partial charge < -0.3 is 5.32 Å². The first-order chi connectivity index (χ1) is 9.47. The first-order valence-corrected chi connectivity index (χ1v) is 7.83. The highest BCUT2D eigenvalue weighted by Gasteiger charge is 2.34. The number of carbonyl (C=O) groups is 1. The van der Waals surface area contributed by atoms with Crippen molar-refractivity contribution in [3.8, 4) is 0 Å². The molecule has 1 aromatic carbocycles. The summed E-state index contributed by atoms with van der Waals surface area (Å²) in [5, 5.41) is 2.73. The highest BCUT2D eigenvalue weighted by molar-refractivity contribution is 9.10. The third kappa shape index (κ3) is 3.31. The fraction of sp³-hybridized carbons (Fsp3) is 0.500. The summed E-state index contributed by atoms with van der Waals surface area (Å²) in [4.78, 5) is 12.2. The van der Waals surface area contributed by atoms with Crippen LogP contribution in [-0.2, 0) is 0 Å². The Balaban J connectivity index is 2.23. The topological polar surface area (TPSA) is 29.1 Å². The largest absolute Gasteiger partial charge is 0.345 e. The lowest BCUT2D eigenvalue weighted by Gasteiger charge is -2.36. The minimum atomic E-state index is -0.880. The van der Waals surface area contributed by atoms with Crippen molar-refractivity contribution < 1.29 is 13.6 Å². The monoisotopic (exact) mass is 365 g/mol. The summed E-state index contributed by atoms with van der Waals surface area (Å²) in [5.74, 6) is -2.25. The van der Waals surface area contributed by atoms with Crippen LogP contribution in [-0.4, -0.2) is 17.3 Å². The Kier molecular flexibility index (Phi) is 5.02. The van der Waals surface area contributed by atoms with Gasteiger partial charge in [-0.15, -0.1) is 11.6 Å². The van der Waals surface area contributed by atoms with E-state index in [0.29, 0.717) is 0 Å². The molecule has 1 aliphatic carbocycles. The van der Waals surface area contributed by atoms with Crippen LogP contribution in [0, 0.1) is 11.6 Å². The fourth-order valence-corrected chi connectivity index (χ4v) is 3.32. The Morgan fingerprint density at radius 1 is 1.25 bits per heavy atom. The maximum atomic E-state index is 13.8. The molecule has 20 heavy (non-hydrogen) atoms. The highest BCUT2D eigenvalue weighted by Crippen LogP contribution is 2.30. The number of carbonyl (C=O) groups excluding carboxylic acids is 1. The molecule has 2 rings (SSSR count). The van der Waals surface area contributed by atoms with Crippen LogP contribution < -0.4 is 5.32 Å². The van der Waals surface area contributed by atoms with Crippen LogP contribution in [0.15, 0.2) is 16.6 Å². The lowest BCUT2D eigenvalue weighted by atomic mass is 9.83. The van der Waals surface area contributed by atoms with Crippen LogP contribution in [0.5, 0.6) is 0 Å². The Morgan fingerprint density at radius 3 is 2.30 bits per heavy atom. The van der Waals surface area contributed by atoms with Crippen LogP contribution in [0.3, 0.4) is 0 Å². The molecule has 0 saturated heterocycles. The lowest BCUT2D eigenvalue weighted by Crippen LogP contribution is -2.51. The molecule has 1 aromatic rings. The third-order valence-corrected chi connectivity index (χ3v) is 4.65. The SMILES string of the molecule is O=C(NC1(CCl)CCCCC1)c1c(F)cc(Br)cc1F. The van der Waals surface area contributed by atoms with Crippen molar-refractivity contribution in [1.82, 2.24) is 5.32 Å². The number of amides is 1. The van der Waals surface area contributed by atoms with Crippen molar-refractivity contribution in [1.29, 1.82) is 0 Å². The zero-order valence-corrected chi connectivity index (χ0v) is 13.2. The van der Waals surface area contributed by atoms with Gasteiger partial charge in [-0.05, 0) is 25.0 Å². The normalized spacial score (nSPS) is 17.8. The molecule has 0 spiro atoms. The second-order valence-electron chi connectivity index (χ2n) is 5.17. The van der Waals surface area contributed by atoms with Gasteiger partial charge in [0.25, 0.3) is 5.91 Å². The molecule has 2 nitrogen and oxygen atoms in total. The standard InChI is InChI=1S/C14H15BrClF2NO/c15-9-6-10(17)12(11(18)7-9)13(20)19-14(8-16)4-2-1-3-5-14/h6-7H,1-5,8H2,(H,19,20). The molecular weight excluding hydrogens is 352 g/mol. The van der Waals surface area contributed by atoms with Crippen molar-refractivity contribution in [3.05, 3.63) is 33.8 Å². The molecule has 0 radical (unpaired) electrons. The van der Waals surface area contributed by atoms with Gasteiger partial charge in [-0.3, -0.25) is 4.79 Å². The molecule has 0 aromatic heterocycles. The van der Waals surface area contributed by atoms with Crippen LogP contribution in [0.25, 0.3) is 0 Å². The van der Waals surface area contributed by atoms with Crippen LogP contribution in [0.4, 0.5) is 8.78 Å². The molecule has 6 heteroatoms. The summed E-state index contributed by atoms with van der Waals surface area (Å²) >= 11 is 8.95. The summed E-state index contributed by atoms with van der Waals surface area (Å²) in [6.07, 6.45) is 4.48. The van der Waals surface area contributed by atoms with Crippen LogP contribution in [0.2, 0.25) is 0 Å². The molecular formula is C14H15BrClF2NO. The van der Waals surface area contributed by atoms with Gasteiger partial charge in [-0.25, -0.2) is 8.78 Å². The third-order valence-electron chi connectivity index (χ3n) is 3.68. The quantitative estimate of drug-likeness (QED) is 0.789. The van der Waals surface area contributed by atoms with Crippen molar-refractivity contribution in [3.63, 3.8) is 0 Å². The van der Waals surface area contributed by atoms with Gasteiger partial charge in [0.05, 0.1) is 5.54 Å². The zero-order chi connectivity index (χ0) is 14.8. The molecule has 0 unspecified atom stereocenters. The fourth-order valence-electron chi connectivity index (χ4n) is 2.58. The molecule has 1 amide bonds. The smallest absolute Gasteiger partial charge is 0.257 e. The number of alkyl halides is 1. The molecule has 1 saturated carbocycles. The summed E-state index contributed by atoms with van der Waals surface area (Å²) in [6.45, 7) is 0. The number of hydrogen-bond acceptors (Lipinski definition) is 1. The van der Waals surface area contributed by atoms with E-state index >= 15 is 0 Å². The summed E-state index contributed by atoms with van der Waals surface area (Å²) in [7, 11) is 0. The molecule has 1 N–H and O–H groups in total. The second kappa shape index (κ2) is 6.39. The Bertz CT molecular complexity index is 495. The second-order valence-corrected chi connectivity index (χ2v) is 6.36. The Hall–Kier alpha value is -0.680.